The minimum absolute atomic E-state index is 0.00680. The van der Waals surface area contributed by atoms with Crippen molar-refractivity contribution >= 4 is 17.3 Å². The molecule has 0 unspecified atom stereocenters. The third-order valence-electron chi connectivity index (χ3n) is 4.62. The molecule has 2 bridgehead atoms. The van der Waals surface area contributed by atoms with Crippen LogP contribution in [-0.4, -0.2) is 24.2 Å². The molecular weight excluding hydrogens is 271 g/mol. The van der Waals surface area contributed by atoms with Crippen LogP contribution in [0.2, 0.25) is 0 Å². The van der Waals surface area contributed by atoms with Gasteiger partial charge in [-0.05, 0) is 50.3 Å². The first-order valence-electron chi connectivity index (χ1n) is 7.71. The van der Waals surface area contributed by atoms with Gasteiger partial charge in [-0.1, -0.05) is 0 Å². The topological polar surface area (TPSA) is 50.4 Å². The van der Waals surface area contributed by atoms with Crippen molar-refractivity contribution in [1.82, 2.24) is 0 Å². The van der Waals surface area contributed by atoms with Crippen LogP contribution in [0.4, 0.5) is 15.8 Å². The Labute approximate surface area is 123 Å². The first-order valence-corrected chi connectivity index (χ1v) is 7.71. The highest BCUT2D eigenvalue weighted by Crippen LogP contribution is 2.39. The Bertz CT molecular complexity index is 573. The highest BCUT2D eigenvalue weighted by Gasteiger charge is 2.44. The number of anilines is 2. The number of fused-ring (bicyclic) bond motifs is 2. The second-order valence-electron chi connectivity index (χ2n) is 6.31. The van der Waals surface area contributed by atoms with Gasteiger partial charge in [-0.25, -0.2) is 4.39 Å². The Morgan fingerprint density at radius 1 is 1.19 bits per heavy atom. The van der Waals surface area contributed by atoms with E-state index >= 15 is 0 Å². The lowest BCUT2D eigenvalue weighted by atomic mass is 9.88. The van der Waals surface area contributed by atoms with Crippen molar-refractivity contribution in [2.45, 2.75) is 50.4 Å². The lowest BCUT2D eigenvalue weighted by Crippen LogP contribution is -2.30. The van der Waals surface area contributed by atoms with Crippen molar-refractivity contribution in [3.63, 3.8) is 0 Å². The average molecular weight is 290 g/mol. The number of amides is 1. The van der Waals surface area contributed by atoms with Gasteiger partial charge in [0.2, 0.25) is 5.91 Å². The number of rotatable bonds is 4. The number of benzene rings is 1. The third kappa shape index (κ3) is 2.62. The van der Waals surface area contributed by atoms with Crippen LogP contribution >= 0.6 is 0 Å². The second kappa shape index (κ2) is 4.98. The number of nitrogens with one attached hydrogen (secondary N) is 2. The van der Waals surface area contributed by atoms with Crippen molar-refractivity contribution in [2.75, 3.05) is 10.6 Å². The Hall–Kier alpha value is -1.62. The predicted octanol–water partition coefficient (Wildman–Crippen LogP) is 2.91. The fraction of sp³-hybridized carbons (Fsp3) is 0.562. The van der Waals surface area contributed by atoms with Gasteiger partial charge < -0.3 is 15.4 Å². The van der Waals surface area contributed by atoms with E-state index in [1.165, 1.54) is 12.1 Å². The SMILES string of the molecule is O=C(Nc1ccc(F)cc1NC1CC1)[C@@H]1C[C@H]2CC[C@H]1O2. The summed E-state index contributed by atoms with van der Waals surface area (Å²) < 4.78 is 19.1. The number of hydrogen-bond acceptors (Lipinski definition) is 3. The summed E-state index contributed by atoms with van der Waals surface area (Å²) in [5.74, 6) is -0.366. The van der Waals surface area contributed by atoms with Gasteiger partial charge in [-0.3, -0.25) is 4.79 Å². The average Bonchev–Trinajstić information content (AvgIpc) is 3.03. The van der Waals surface area contributed by atoms with Crippen molar-refractivity contribution in [1.29, 1.82) is 0 Å². The molecule has 2 N–H and O–H groups in total. The molecule has 3 aliphatic rings. The van der Waals surface area contributed by atoms with E-state index in [0.29, 0.717) is 17.4 Å². The number of carbonyl (C=O) groups excluding carboxylic acids is 1. The van der Waals surface area contributed by atoms with Gasteiger partial charge in [0.15, 0.2) is 0 Å². The molecule has 0 aromatic heterocycles. The van der Waals surface area contributed by atoms with Gasteiger partial charge >= 0.3 is 0 Å². The third-order valence-corrected chi connectivity index (χ3v) is 4.62. The number of hydrogen-bond donors (Lipinski definition) is 2. The second-order valence-corrected chi connectivity index (χ2v) is 6.31. The summed E-state index contributed by atoms with van der Waals surface area (Å²) in [4.78, 5) is 12.4. The zero-order chi connectivity index (χ0) is 14.4. The maximum atomic E-state index is 13.4. The Morgan fingerprint density at radius 2 is 2.05 bits per heavy atom. The monoisotopic (exact) mass is 290 g/mol. The van der Waals surface area contributed by atoms with E-state index in [-0.39, 0.29) is 29.9 Å². The molecule has 0 radical (unpaired) electrons. The summed E-state index contributed by atoms with van der Waals surface area (Å²) in [5.41, 5.74) is 1.34. The normalized spacial score (nSPS) is 30.4. The van der Waals surface area contributed by atoms with Gasteiger partial charge in [0.1, 0.15) is 5.82 Å². The van der Waals surface area contributed by atoms with Crippen molar-refractivity contribution in [3.05, 3.63) is 24.0 Å². The first kappa shape index (κ1) is 13.1. The maximum absolute atomic E-state index is 13.4. The minimum atomic E-state index is -0.292. The number of halogens is 1. The predicted molar refractivity (Wildman–Crippen MR) is 77.7 cm³/mol. The van der Waals surface area contributed by atoms with E-state index in [4.69, 9.17) is 4.74 Å². The van der Waals surface area contributed by atoms with Crippen LogP contribution in [0.15, 0.2) is 18.2 Å². The molecule has 3 atom stereocenters. The molecule has 1 aromatic rings. The molecule has 21 heavy (non-hydrogen) atoms. The first-order chi connectivity index (χ1) is 10.2. The summed E-state index contributed by atoms with van der Waals surface area (Å²) in [5, 5.41) is 6.22. The van der Waals surface area contributed by atoms with Gasteiger partial charge in [0.05, 0.1) is 29.5 Å². The maximum Gasteiger partial charge on any atom is 0.230 e. The summed E-state index contributed by atoms with van der Waals surface area (Å²) in [6, 6.07) is 4.87. The molecule has 1 aromatic carbocycles. The van der Waals surface area contributed by atoms with Crippen LogP contribution in [0.3, 0.4) is 0 Å². The van der Waals surface area contributed by atoms with Gasteiger partial charge in [0.25, 0.3) is 0 Å². The number of ether oxygens (including phenoxy) is 1. The van der Waals surface area contributed by atoms with Crippen molar-refractivity contribution in [3.8, 4) is 0 Å². The molecule has 1 saturated carbocycles. The molecule has 112 valence electrons. The molecule has 1 aliphatic carbocycles. The highest BCUT2D eigenvalue weighted by atomic mass is 19.1. The van der Waals surface area contributed by atoms with E-state index in [1.807, 2.05) is 0 Å². The van der Waals surface area contributed by atoms with Crippen LogP contribution in [0, 0.1) is 11.7 Å². The Kier molecular flexibility index (Phi) is 3.10. The minimum Gasteiger partial charge on any atom is -0.381 e. The van der Waals surface area contributed by atoms with E-state index in [9.17, 15) is 9.18 Å². The molecule has 0 spiro atoms. The van der Waals surface area contributed by atoms with Gasteiger partial charge in [-0.15, -0.1) is 0 Å². The van der Waals surface area contributed by atoms with E-state index < -0.39 is 0 Å². The molecular formula is C16H19FN2O2. The van der Waals surface area contributed by atoms with Crippen molar-refractivity contribution in [2.24, 2.45) is 5.92 Å². The number of carbonyl (C=O) groups is 1. The summed E-state index contributed by atoms with van der Waals surface area (Å²) in [6.45, 7) is 0. The van der Waals surface area contributed by atoms with Crippen LogP contribution in [0.1, 0.15) is 32.1 Å². The molecule has 1 amide bonds. The van der Waals surface area contributed by atoms with Gasteiger partial charge in [-0.2, -0.15) is 0 Å². The Morgan fingerprint density at radius 3 is 2.71 bits per heavy atom. The lowest BCUT2D eigenvalue weighted by Gasteiger charge is -2.19. The van der Waals surface area contributed by atoms with E-state index in [0.717, 1.165) is 32.1 Å². The largest absolute Gasteiger partial charge is 0.381 e. The van der Waals surface area contributed by atoms with Crippen LogP contribution in [0.5, 0.6) is 0 Å². The molecule has 3 fully saturated rings. The zero-order valence-corrected chi connectivity index (χ0v) is 11.8. The molecule has 2 aliphatic heterocycles. The molecule has 4 nitrogen and oxygen atoms in total. The Balaban J connectivity index is 1.49. The zero-order valence-electron chi connectivity index (χ0n) is 11.8. The van der Waals surface area contributed by atoms with E-state index in [1.54, 1.807) is 6.07 Å². The smallest absolute Gasteiger partial charge is 0.230 e. The highest BCUT2D eigenvalue weighted by molar-refractivity contribution is 5.96. The van der Waals surface area contributed by atoms with E-state index in [2.05, 4.69) is 10.6 Å². The van der Waals surface area contributed by atoms with Gasteiger partial charge in [0, 0.05) is 6.04 Å². The summed E-state index contributed by atoms with van der Waals surface area (Å²) >= 11 is 0. The fourth-order valence-corrected chi connectivity index (χ4v) is 3.33. The van der Waals surface area contributed by atoms with Crippen LogP contribution < -0.4 is 10.6 Å². The molecule has 2 saturated heterocycles. The van der Waals surface area contributed by atoms with Crippen LogP contribution in [-0.2, 0) is 9.53 Å². The molecule has 5 heteroatoms. The summed E-state index contributed by atoms with van der Waals surface area (Å²) in [6.07, 6.45) is 5.37. The molecule has 4 rings (SSSR count). The van der Waals surface area contributed by atoms with Crippen LogP contribution in [0.25, 0.3) is 0 Å². The van der Waals surface area contributed by atoms with Crippen molar-refractivity contribution < 1.29 is 13.9 Å². The molecule has 2 heterocycles. The lowest BCUT2D eigenvalue weighted by molar-refractivity contribution is -0.121. The summed E-state index contributed by atoms with van der Waals surface area (Å²) in [7, 11) is 0. The standard InChI is InChI=1S/C16H19FN2O2/c17-9-1-5-13(14(7-9)18-10-2-3-10)19-16(20)12-8-11-4-6-15(12)21-11/h1,5,7,10-12,15,18H,2-4,6,8H2,(H,19,20)/t11-,12-,15-/m1/s1. The fourth-order valence-electron chi connectivity index (χ4n) is 3.33. The quantitative estimate of drug-likeness (QED) is 0.896.